The fourth-order valence-corrected chi connectivity index (χ4v) is 1.95. The van der Waals surface area contributed by atoms with Crippen LogP contribution in [0.1, 0.15) is 11.6 Å². The number of morpholine rings is 1. The lowest BCUT2D eigenvalue weighted by Crippen LogP contribution is -2.44. The Labute approximate surface area is 98.1 Å². The summed E-state index contributed by atoms with van der Waals surface area (Å²) in [5, 5.41) is 3.44. The molecular weight excluding hydrogens is 256 g/mol. The number of ether oxygens (including phenoxy) is 1. The number of nitrogens with two attached hydrogens (primary N) is 1. The van der Waals surface area contributed by atoms with Gasteiger partial charge < -0.3 is 15.8 Å². The van der Waals surface area contributed by atoms with Gasteiger partial charge in [-0.3, -0.25) is 0 Å². The van der Waals surface area contributed by atoms with E-state index in [4.69, 9.17) is 10.5 Å². The van der Waals surface area contributed by atoms with Crippen molar-refractivity contribution in [2.24, 2.45) is 5.73 Å². The minimum absolute atomic E-state index is 0.164. The first-order valence-electron chi connectivity index (χ1n) is 5.10. The lowest BCUT2D eigenvalue weighted by atomic mass is 10.1. The fourth-order valence-electron chi connectivity index (χ4n) is 1.68. The van der Waals surface area contributed by atoms with Gasteiger partial charge in [-0.25, -0.2) is 0 Å². The van der Waals surface area contributed by atoms with E-state index in [9.17, 15) is 0 Å². The number of hydrogen-bond donors (Lipinski definition) is 2. The zero-order valence-corrected chi connectivity index (χ0v) is 10.0. The van der Waals surface area contributed by atoms with Crippen LogP contribution in [0.3, 0.4) is 0 Å². The van der Waals surface area contributed by atoms with Crippen molar-refractivity contribution in [1.29, 1.82) is 0 Å². The first kappa shape index (κ1) is 11.1. The van der Waals surface area contributed by atoms with E-state index in [2.05, 4.69) is 33.4 Å². The standard InChI is InChI=1S/C11H15BrN2O/c12-9-3-1-8(2-4-9)11-7-15-10(5-13)6-14-11/h1-4,10-11,14H,5-7,13H2/t10-,11?/m0/s1. The summed E-state index contributed by atoms with van der Waals surface area (Å²) in [6.45, 7) is 2.11. The molecule has 1 unspecified atom stereocenters. The monoisotopic (exact) mass is 270 g/mol. The summed E-state index contributed by atoms with van der Waals surface area (Å²) in [5.41, 5.74) is 6.79. The molecule has 4 heteroatoms. The maximum atomic E-state index is 5.63. The van der Waals surface area contributed by atoms with E-state index in [0.29, 0.717) is 19.2 Å². The average molecular weight is 271 g/mol. The first-order chi connectivity index (χ1) is 7.29. The van der Waals surface area contributed by atoms with Crippen LogP contribution in [-0.2, 0) is 4.74 Å². The SMILES string of the molecule is NC[C@H]1CNC(c2ccc(Br)cc2)CO1. The molecule has 0 radical (unpaired) electrons. The van der Waals surface area contributed by atoms with Gasteiger partial charge in [-0.2, -0.15) is 0 Å². The molecule has 3 N–H and O–H groups in total. The van der Waals surface area contributed by atoms with E-state index in [-0.39, 0.29) is 6.10 Å². The van der Waals surface area contributed by atoms with Crippen molar-refractivity contribution < 1.29 is 4.74 Å². The molecular formula is C11H15BrN2O. The third-order valence-corrected chi connectivity index (χ3v) is 3.15. The van der Waals surface area contributed by atoms with E-state index in [1.807, 2.05) is 12.1 Å². The van der Waals surface area contributed by atoms with Crippen molar-refractivity contribution in [3.05, 3.63) is 34.3 Å². The van der Waals surface area contributed by atoms with Gasteiger partial charge in [0, 0.05) is 17.6 Å². The molecule has 1 aromatic rings. The molecule has 1 heterocycles. The zero-order valence-electron chi connectivity index (χ0n) is 8.45. The maximum absolute atomic E-state index is 5.63. The Morgan fingerprint density at radius 3 is 2.67 bits per heavy atom. The van der Waals surface area contributed by atoms with Crippen LogP contribution in [0.15, 0.2) is 28.7 Å². The van der Waals surface area contributed by atoms with Crippen LogP contribution in [0.4, 0.5) is 0 Å². The molecule has 1 aliphatic rings. The largest absolute Gasteiger partial charge is 0.374 e. The van der Waals surface area contributed by atoms with Crippen molar-refractivity contribution in [2.45, 2.75) is 12.1 Å². The van der Waals surface area contributed by atoms with Crippen LogP contribution < -0.4 is 11.1 Å². The van der Waals surface area contributed by atoms with Gasteiger partial charge in [-0.1, -0.05) is 28.1 Å². The molecule has 0 bridgehead atoms. The summed E-state index contributed by atoms with van der Waals surface area (Å²) >= 11 is 3.42. The second kappa shape index (κ2) is 5.07. The molecule has 0 spiro atoms. The summed E-state index contributed by atoms with van der Waals surface area (Å²) in [6, 6.07) is 8.60. The number of halogens is 1. The molecule has 82 valence electrons. The Morgan fingerprint density at radius 1 is 1.40 bits per heavy atom. The van der Waals surface area contributed by atoms with Crippen molar-refractivity contribution >= 4 is 15.9 Å². The average Bonchev–Trinajstić information content (AvgIpc) is 2.30. The Morgan fingerprint density at radius 2 is 2.13 bits per heavy atom. The summed E-state index contributed by atoms with van der Waals surface area (Å²) < 4.78 is 6.72. The highest BCUT2D eigenvalue weighted by Crippen LogP contribution is 2.19. The van der Waals surface area contributed by atoms with Gasteiger partial charge in [0.25, 0.3) is 0 Å². The molecule has 15 heavy (non-hydrogen) atoms. The molecule has 1 aromatic carbocycles. The van der Waals surface area contributed by atoms with Gasteiger partial charge in [0.05, 0.1) is 18.8 Å². The predicted octanol–water partition coefficient (Wildman–Crippen LogP) is 1.44. The second-order valence-electron chi connectivity index (χ2n) is 3.70. The minimum Gasteiger partial charge on any atom is -0.374 e. The first-order valence-corrected chi connectivity index (χ1v) is 5.89. The third kappa shape index (κ3) is 2.78. The molecule has 1 saturated heterocycles. The Hall–Kier alpha value is -0.420. The smallest absolute Gasteiger partial charge is 0.0822 e. The summed E-state index contributed by atoms with van der Waals surface area (Å²) in [5.74, 6) is 0. The Bertz CT molecular complexity index is 307. The van der Waals surface area contributed by atoms with Gasteiger partial charge >= 0.3 is 0 Å². The second-order valence-corrected chi connectivity index (χ2v) is 4.62. The minimum atomic E-state index is 0.164. The highest BCUT2D eigenvalue weighted by atomic mass is 79.9. The van der Waals surface area contributed by atoms with Crippen LogP contribution in [0.2, 0.25) is 0 Å². The topological polar surface area (TPSA) is 47.3 Å². The van der Waals surface area contributed by atoms with Crippen molar-refractivity contribution in [3.63, 3.8) is 0 Å². The molecule has 0 saturated carbocycles. The molecule has 2 atom stereocenters. The Kier molecular flexibility index (Phi) is 3.75. The number of benzene rings is 1. The van der Waals surface area contributed by atoms with Crippen molar-refractivity contribution in [2.75, 3.05) is 19.7 Å². The molecule has 0 amide bonds. The highest BCUT2D eigenvalue weighted by Gasteiger charge is 2.20. The van der Waals surface area contributed by atoms with E-state index < -0.39 is 0 Å². The molecule has 1 aliphatic heterocycles. The van der Waals surface area contributed by atoms with E-state index in [1.165, 1.54) is 5.56 Å². The maximum Gasteiger partial charge on any atom is 0.0822 e. The molecule has 2 rings (SSSR count). The zero-order chi connectivity index (χ0) is 10.7. The highest BCUT2D eigenvalue weighted by molar-refractivity contribution is 9.10. The molecule has 0 aromatic heterocycles. The van der Waals surface area contributed by atoms with E-state index in [1.54, 1.807) is 0 Å². The van der Waals surface area contributed by atoms with Crippen LogP contribution in [0.25, 0.3) is 0 Å². The van der Waals surface area contributed by atoms with Crippen LogP contribution in [-0.4, -0.2) is 25.8 Å². The normalized spacial score (nSPS) is 26.5. The van der Waals surface area contributed by atoms with Gasteiger partial charge in [0.2, 0.25) is 0 Å². The molecule has 0 aliphatic carbocycles. The lowest BCUT2D eigenvalue weighted by Gasteiger charge is -2.29. The third-order valence-electron chi connectivity index (χ3n) is 2.63. The van der Waals surface area contributed by atoms with Crippen LogP contribution >= 0.6 is 15.9 Å². The van der Waals surface area contributed by atoms with Gasteiger partial charge in [0.15, 0.2) is 0 Å². The number of nitrogens with one attached hydrogen (secondary N) is 1. The van der Waals surface area contributed by atoms with Crippen molar-refractivity contribution in [3.8, 4) is 0 Å². The van der Waals surface area contributed by atoms with Gasteiger partial charge in [-0.05, 0) is 17.7 Å². The summed E-state index contributed by atoms with van der Waals surface area (Å²) in [6.07, 6.45) is 0.164. The number of hydrogen-bond acceptors (Lipinski definition) is 3. The van der Waals surface area contributed by atoms with Crippen LogP contribution in [0, 0.1) is 0 Å². The lowest BCUT2D eigenvalue weighted by molar-refractivity contribution is 0.00926. The van der Waals surface area contributed by atoms with E-state index in [0.717, 1.165) is 11.0 Å². The van der Waals surface area contributed by atoms with E-state index >= 15 is 0 Å². The number of rotatable bonds is 2. The molecule has 3 nitrogen and oxygen atoms in total. The summed E-state index contributed by atoms with van der Waals surface area (Å²) in [4.78, 5) is 0. The van der Waals surface area contributed by atoms with Gasteiger partial charge in [-0.15, -0.1) is 0 Å². The van der Waals surface area contributed by atoms with Crippen molar-refractivity contribution in [1.82, 2.24) is 5.32 Å². The van der Waals surface area contributed by atoms with Crippen LogP contribution in [0.5, 0.6) is 0 Å². The van der Waals surface area contributed by atoms with Gasteiger partial charge in [0.1, 0.15) is 0 Å². The quantitative estimate of drug-likeness (QED) is 0.855. The predicted molar refractivity (Wildman–Crippen MR) is 63.7 cm³/mol. The summed E-state index contributed by atoms with van der Waals surface area (Å²) in [7, 11) is 0. The molecule has 1 fully saturated rings. The Balaban J connectivity index is 1.98. The fraction of sp³-hybridized carbons (Fsp3) is 0.455.